The smallest absolute Gasteiger partial charge is 0.475 e. The number of carboxylic acids is 1. The molecule has 0 spiro atoms. The van der Waals surface area contributed by atoms with E-state index in [2.05, 4.69) is 5.32 Å². The number of carboxylic acid groups (broad SMARTS) is 1. The van der Waals surface area contributed by atoms with E-state index in [-0.39, 0.29) is 24.6 Å². The molecule has 0 bridgehead atoms. The van der Waals surface area contributed by atoms with Crippen LogP contribution in [0.25, 0.3) is 0 Å². The number of benzene rings is 1. The van der Waals surface area contributed by atoms with Crippen molar-refractivity contribution >= 4 is 35.1 Å². The number of rotatable bonds is 3. The molecular weight excluding hydrogens is 448 g/mol. The topological polar surface area (TPSA) is 75.6 Å². The van der Waals surface area contributed by atoms with Gasteiger partial charge in [-0.3, -0.25) is 4.79 Å². The zero-order valence-corrected chi connectivity index (χ0v) is 16.4. The molecule has 162 valence electrons. The molecule has 3 rings (SSSR count). The highest BCUT2D eigenvalue weighted by molar-refractivity contribution is 6.42. The summed E-state index contributed by atoms with van der Waals surface area (Å²) < 4.78 is 66.2. The predicted molar refractivity (Wildman–Crippen MR) is 93.3 cm³/mol. The van der Waals surface area contributed by atoms with Gasteiger partial charge in [-0.05, 0) is 31.0 Å². The molecule has 0 radical (unpaired) electrons. The van der Waals surface area contributed by atoms with E-state index in [1.165, 1.54) is 18.2 Å². The van der Waals surface area contributed by atoms with Crippen LogP contribution < -0.4 is 5.32 Å². The van der Waals surface area contributed by atoms with Crippen molar-refractivity contribution in [2.75, 3.05) is 19.7 Å². The van der Waals surface area contributed by atoms with Gasteiger partial charge in [0.25, 0.3) is 5.92 Å². The van der Waals surface area contributed by atoms with Crippen LogP contribution in [0.15, 0.2) is 18.2 Å². The fraction of sp³-hybridized carbons (Fsp3) is 0.529. The van der Waals surface area contributed by atoms with Crippen LogP contribution in [0.1, 0.15) is 18.9 Å². The number of nitrogens with one attached hydrogen (secondary N) is 1. The quantitative estimate of drug-likeness (QED) is 0.522. The van der Waals surface area contributed by atoms with Gasteiger partial charge in [0.2, 0.25) is 0 Å². The molecule has 0 aromatic heterocycles. The molecule has 5 nitrogen and oxygen atoms in total. The number of piperidine rings is 1. The van der Waals surface area contributed by atoms with E-state index in [9.17, 15) is 26.7 Å². The summed E-state index contributed by atoms with van der Waals surface area (Å²) >= 11 is 11.9. The minimum absolute atomic E-state index is 0.0385. The molecule has 1 saturated heterocycles. The van der Waals surface area contributed by atoms with Crippen LogP contribution in [0.2, 0.25) is 10.0 Å². The minimum atomic E-state index is -5.08. The largest absolute Gasteiger partial charge is 0.490 e. The summed E-state index contributed by atoms with van der Waals surface area (Å²) in [5, 5.41) is 10.3. The molecule has 1 saturated carbocycles. The number of hydrogen-bond donors (Lipinski definition) is 2. The maximum Gasteiger partial charge on any atom is 0.490 e. The fourth-order valence-corrected chi connectivity index (χ4v) is 3.92. The average Bonchev–Trinajstić information content (AvgIpc) is 3.31. The molecule has 2 aliphatic rings. The van der Waals surface area contributed by atoms with E-state index in [0.717, 1.165) is 0 Å². The third-order valence-electron chi connectivity index (χ3n) is 4.98. The molecule has 2 fully saturated rings. The number of esters is 1. The molecule has 1 heterocycles. The number of ether oxygens (including phenoxy) is 1. The summed E-state index contributed by atoms with van der Waals surface area (Å²) in [6, 6.07) is 4.44. The molecule has 2 N–H and O–H groups in total. The van der Waals surface area contributed by atoms with E-state index in [1.54, 1.807) is 6.92 Å². The van der Waals surface area contributed by atoms with E-state index >= 15 is 0 Å². The third kappa shape index (κ3) is 4.02. The van der Waals surface area contributed by atoms with Crippen LogP contribution in [-0.2, 0) is 19.7 Å². The van der Waals surface area contributed by atoms with Crippen LogP contribution in [-0.4, -0.2) is 48.8 Å². The Morgan fingerprint density at radius 3 is 2.28 bits per heavy atom. The first kappa shape index (κ1) is 23.6. The highest BCUT2D eigenvalue weighted by Gasteiger charge is 2.84. The minimum Gasteiger partial charge on any atom is -0.475 e. The van der Waals surface area contributed by atoms with Crippen molar-refractivity contribution in [2.45, 2.75) is 30.9 Å². The van der Waals surface area contributed by atoms with Gasteiger partial charge in [0, 0.05) is 6.54 Å². The molecule has 2 unspecified atom stereocenters. The fourth-order valence-electron chi connectivity index (χ4n) is 3.62. The lowest BCUT2D eigenvalue weighted by Gasteiger charge is -2.37. The summed E-state index contributed by atoms with van der Waals surface area (Å²) in [6.07, 6.45) is -5.04. The normalized spacial score (nSPS) is 27.2. The molecular formula is C17H16Cl2F5NO4. The number of aliphatic carboxylic acids is 1. The van der Waals surface area contributed by atoms with Crippen molar-refractivity contribution in [1.29, 1.82) is 0 Å². The van der Waals surface area contributed by atoms with Gasteiger partial charge in [-0.25, -0.2) is 13.6 Å². The number of carbonyl (C=O) groups is 2. The number of carbonyl (C=O) groups excluding carboxylic acids is 1. The van der Waals surface area contributed by atoms with Crippen LogP contribution in [0.3, 0.4) is 0 Å². The molecule has 1 aliphatic carbocycles. The average molecular weight is 464 g/mol. The first-order valence-corrected chi connectivity index (χ1v) is 9.02. The second-order valence-corrected chi connectivity index (χ2v) is 7.44. The van der Waals surface area contributed by atoms with Crippen molar-refractivity contribution in [2.24, 2.45) is 5.41 Å². The molecule has 12 heteroatoms. The van der Waals surface area contributed by atoms with Crippen LogP contribution in [0.4, 0.5) is 22.0 Å². The van der Waals surface area contributed by atoms with Crippen molar-refractivity contribution < 1.29 is 41.4 Å². The number of fused-ring (bicyclic) bond motifs is 1. The zero-order chi connectivity index (χ0) is 22.3. The second-order valence-electron chi connectivity index (χ2n) is 6.62. The summed E-state index contributed by atoms with van der Waals surface area (Å²) in [6.45, 7) is 1.51. The molecule has 29 heavy (non-hydrogen) atoms. The van der Waals surface area contributed by atoms with Gasteiger partial charge in [0.05, 0.1) is 34.0 Å². The number of halogens is 7. The Morgan fingerprint density at radius 1 is 1.21 bits per heavy atom. The molecule has 1 aromatic carbocycles. The standard InChI is InChI=1S/C15H15Cl2F2NO2.C2HF3O2/c1-2-22-12(21)13-6-14(13,15(18,19)8-20-7-13)9-3-4-10(16)11(17)5-9;3-2(4,5)1(6)7/h3-5,20H,2,6-8H2,1H3;(H,6,7). The number of alkyl halides is 5. The lowest BCUT2D eigenvalue weighted by atomic mass is 9.78. The Bertz CT molecular complexity index is 820. The zero-order valence-electron chi connectivity index (χ0n) is 14.9. The first-order chi connectivity index (χ1) is 13.2. The van der Waals surface area contributed by atoms with Crippen LogP contribution in [0, 0.1) is 5.41 Å². The molecule has 2 atom stereocenters. The molecule has 1 aromatic rings. The summed E-state index contributed by atoms with van der Waals surface area (Å²) in [5.74, 6) is -6.42. The van der Waals surface area contributed by atoms with Crippen LogP contribution >= 0.6 is 23.2 Å². The highest BCUT2D eigenvalue weighted by atomic mass is 35.5. The Hall–Kier alpha value is -1.65. The van der Waals surface area contributed by atoms with Gasteiger partial charge in [-0.2, -0.15) is 13.2 Å². The molecule has 1 aliphatic heterocycles. The second kappa shape index (κ2) is 7.88. The van der Waals surface area contributed by atoms with Gasteiger partial charge in [0.15, 0.2) is 0 Å². The Balaban J connectivity index is 0.000000370. The van der Waals surface area contributed by atoms with E-state index in [4.69, 9.17) is 37.8 Å². The van der Waals surface area contributed by atoms with Gasteiger partial charge >= 0.3 is 18.1 Å². The van der Waals surface area contributed by atoms with Crippen molar-refractivity contribution in [3.05, 3.63) is 33.8 Å². The van der Waals surface area contributed by atoms with E-state index in [0.29, 0.717) is 10.6 Å². The Labute approximate surface area is 172 Å². The van der Waals surface area contributed by atoms with E-state index < -0.39 is 41.4 Å². The number of hydrogen-bond acceptors (Lipinski definition) is 4. The Morgan fingerprint density at radius 2 is 1.79 bits per heavy atom. The van der Waals surface area contributed by atoms with Crippen molar-refractivity contribution in [3.8, 4) is 0 Å². The molecule has 0 amide bonds. The third-order valence-corrected chi connectivity index (χ3v) is 5.72. The maximum absolute atomic E-state index is 14.7. The van der Waals surface area contributed by atoms with Crippen molar-refractivity contribution in [1.82, 2.24) is 5.32 Å². The lowest BCUT2D eigenvalue weighted by Crippen LogP contribution is -2.56. The predicted octanol–water partition coefficient (Wildman–Crippen LogP) is 4.06. The van der Waals surface area contributed by atoms with Crippen molar-refractivity contribution in [3.63, 3.8) is 0 Å². The first-order valence-electron chi connectivity index (χ1n) is 8.26. The van der Waals surface area contributed by atoms with Crippen LogP contribution in [0.5, 0.6) is 0 Å². The highest BCUT2D eigenvalue weighted by Crippen LogP contribution is 2.72. The summed E-state index contributed by atoms with van der Waals surface area (Å²) in [7, 11) is 0. The summed E-state index contributed by atoms with van der Waals surface area (Å²) in [4.78, 5) is 21.2. The SMILES string of the molecule is CCOC(=O)C12CNCC(F)(F)C1(c1ccc(Cl)c(Cl)c1)C2.O=C(O)C(F)(F)F. The van der Waals surface area contributed by atoms with Gasteiger partial charge < -0.3 is 15.2 Å². The van der Waals surface area contributed by atoms with Gasteiger partial charge in [0.1, 0.15) is 0 Å². The summed E-state index contributed by atoms with van der Waals surface area (Å²) in [5.41, 5.74) is -2.49. The Kier molecular flexibility index (Phi) is 6.42. The van der Waals surface area contributed by atoms with Gasteiger partial charge in [-0.1, -0.05) is 29.3 Å². The monoisotopic (exact) mass is 463 g/mol. The van der Waals surface area contributed by atoms with Gasteiger partial charge in [-0.15, -0.1) is 0 Å². The maximum atomic E-state index is 14.7. The lowest BCUT2D eigenvalue weighted by molar-refractivity contribution is -0.192. The van der Waals surface area contributed by atoms with E-state index in [1.807, 2.05) is 0 Å².